The molecule has 5 nitrogen and oxygen atoms in total. The standard InChI is InChI=1S/C15H20N4O/c1-2-19-10-12(9-17-19)14(18-16)15-13-6-4-3-5-11(13)7-8-20-15/h3-6,9-10,14-15,18H,2,7-8,16H2,1H3. The number of nitrogens with two attached hydrogens (primary N) is 1. The van der Waals surface area contributed by atoms with E-state index in [9.17, 15) is 0 Å². The highest BCUT2D eigenvalue weighted by Crippen LogP contribution is 2.36. The van der Waals surface area contributed by atoms with Crippen molar-refractivity contribution in [3.05, 3.63) is 53.3 Å². The molecule has 1 aromatic carbocycles. The molecule has 3 N–H and O–H groups in total. The van der Waals surface area contributed by atoms with E-state index < -0.39 is 0 Å². The Labute approximate surface area is 118 Å². The number of hydrazine groups is 1. The minimum atomic E-state index is -0.0863. The van der Waals surface area contributed by atoms with Gasteiger partial charge < -0.3 is 4.74 Å². The number of nitrogens with zero attached hydrogens (tertiary/aromatic N) is 2. The van der Waals surface area contributed by atoms with Crippen LogP contribution in [0.2, 0.25) is 0 Å². The number of nitrogens with one attached hydrogen (secondary N) is 1. The molecule has 0 amide bonds. The minimum absolute atomic E-state index is 0.0699. The second kappa shape index (κ2) is 5.75. The summed E-state index contributed by atoms with van der Waals surface area (Å²) in [4.78, 5) is 0. The summed E-state index contributed by atoms with van der Waals surface area (Å²) in [5.74, 6) is 5.78. The first-order chi connectivity index (χ1) is 9.83. The predicted octanol–water partition coefficient (Wildman–Crippen LogP) is 1.72. The topological polar surface area (TPSA) is 65.1 Å². The molecule has 2 aromatic rings. The van der Waals surface area contributed by atoms with Crippen molar-refractivity contribution in [3.63, 3.8) is 0 Å². The highest BCUT2D eigenvalue weighted by molar-refractivity contribution is 5.33. The second-order valence-corrected chi connectivity index (χ2v) is 5.01. The molecule has 2 atom stereocenters. The van der Waals surface area contributed by atoms with Crippen LogP contribution in [0.3, 0.4) is 0 Å². The van der Waals surface area contributed by atoms with Crippen molar-refractivity contribution in [1.29, 1.82) is 0 Å². The van der Waals surface area contributed by atoms with Gasteiger partial charge in [-0.25, -0.2) is 5.43 Å². The molecule has 1 aliphatic heterocycles. The summed E-state index contributed by atoms with van der Waals surface area (Å²) in [6.07, 6.45) is 4.76. The molecule has 0 aliphatic carbocycles. The average Bonchev–Trinajstić information content (AvgIpc) is 2.97. The van der Waals surface area contributed by atoms with Gasteiger partial charge in [-0.3, -0.25) is 10.5 Å². The SMILES string of the molecule is CCn1cc(C(NN)C2OCCc3ccccc32)cn1. The number of fused-ring (bicyclic) bond motifs is 1. The van der Waals surface area contributed by atoms with Gasteiger partial charge in [0.1, 0.15) is 6.10 Å². The maximum absolute atomic E-state index is 5.98. The number of hydrogen-bond donors (Lipinski definition) is 2. The highest BCUT2D eigenvalue weighted by Gasteiger charge is 2.30. The van der Waals surface area contributed by atoms with Gasteiger partial charge in [0.25, 0.3) is 0 Å². The van der Waals surface area contributed by atoms with Gasteiger partial charge >= 0.3 is 0 Å². The van der Waals surface area contributed by atoms with E-state index in [4.69, 9.17) is 10.6 Å². The normalized spacial score (nSPS) is 19.6. The van der Waals surface area contributed by atoms with Gasteiger partial charge in [0.15, 0.2) is 0 Å². The predicted molar refractivity (Wildman–Crippen MR) is 76.8 cm³/mol. The maximum Gasteiger partial charge on any atom is 0.104 e. The molecule has 0 fully saturated rings. The number of ether oxygens (including phenoxy) is 1. The smallest absolute Gasteiger partial charge is 0.104 e. The van der Waals surface area contributed by atoms with E-state index in [2.05, 4.69) is 35.6 Å². The van der Waals surface area contributed by atoms with Crippen LogP contribution >= 0.6 is 0 Å². The van der Waals surface area contributed by atoms with E-state index in [1.165, 1.54) is 11.1 Å². The van der Waals surface area contributed by atoms with Gasteiger partial charge in [0, 0.05) is 18.3 Å². The van der Waals surface area contributed by atoms with Crippen molar-refractivity contribution in [2.24, 2.45) is 5.84 Å². The molecule has 1 aliphatic rings. The van der Waals surface area contributed by atoms with Crippen molar-refractivity contribution in [2.45, 2.75) is 32.0 Å². The van der Waals surface area contributed by atoms with Crippen LogP contribution in [0.5, 0.6) is 0 Å². The van der Waals surface area contributed by atoms with Gasteiger partial charge in [0.05, 0.1) is 18.8 Å². The third kappa shape index (κ3) is 2.35. The number of rotatable bonds is 4. The Morgan fingerprint density at radius 1 is 1.50 bits per heavy atom. The molecule has 1 aromatic heterocycles. The zero-order valence-corrected chi connectivity index (χ0v) is 11.6. The van der Waals surface area contributed by atoms with Crippen molar-refractivity contribution in [1.82, 2.24) is 15.2 Å². The lowest BCUT2D eigenvalue weighted by atomic mass is 9.91. The van der Waals surface area contributed by atoms with Gasteiger partial charge in [-0.15, -0.1) is 0 Å². The molecule has 20 heavy (non-hydrogen) atoms. The molecule has 0 radical (unpaired) electrons. The molecule has 0 saturated heterocycles. The molecule has 3 rings (SSSR count). The molecule has 0 saturated carbocycles. The Kier molecular flexibility index (Phi) is 3.82. The quantitative estimate of drug-likeness (QED) is 0.657. The van der Waals surface area contributed by atoms with E-state index in [1.54, 1.807) is 0 Å². The van der Waals surface area contributed by atoms with E-state index in [0.717, 1.165) is 25.1 Å². The van der Waals surface area contributed by atoms with Crippen molar-refractivity contribution in [2.75, 3.05) is 6.61 Å². The number of aryl methyl sites for hydroxylation is 1. The fourth-order valence-electron chi connectivity index (χ4n) is 2.77. The highest BCUT2D eigenvalue weighted by atomic mass is 16.5. The van der Waals surface area contributed by atoms with Crippen LogP contribution in [0.1, 0.15) is 35.8 Å². The van der Waals surface area contributed by atoms with Crippen LogP contribution < -0.4 is 11.3 Å². The average molecular weight is 272 g/mol. The van der Waals surface area contributed by atoms with E-state index >= 15 is 0 Å². The monoisotopic (exact) mass is 272 g/mol. The van der Waals surface area contributed by atoms with Crippen molar-refractivity contribution < 1.29 is 4.74 Å². The molecule has 106 valence electrons. The summed E-state index contributed by atoms with van der Waals surface area (Å²) in [5.41, 5.74) is 6.49. The summed E-state index contributed by atoms with van der Waals surface area (Å²) in [7, 11) is 0. The fourth-order valence-corrected chi connectivity index (χ4v) is 2.77. The Bertz CT molecular complexity index is 581. The molecule has 2 heterocycles. The first-order valence-corrected chi connectivity index (χ1v) is 7.01. The number of benzene rings is 1. The van der Waals surface area contributed by atoms with Gasteiger partial charge in [-0.05, 0) is 24.5 Å². The summed E-state index contributed by atoms with van der Waals surface area (Å²) < 4.78 is 7.87. The number of hydrogen-bond acceptors (Lipinski definition) is 4. The Balaban J connectivity index is 1.94. The summed E-state index contributed by atoms with van der Waals surface area (Å²) in [6.45, 7) is 3.63. The Morgan fingerprint density at radius 2 is 2.35 bits per heavy atom. The van der Waals surface area contributed by atoms with Crippen molar-refractivity contribution in [3.8, 4) is 0 Å². The van der Waals surface area contributed by atoms with Crippen LogP contribution in [-0.2, 0) is 17.7 Å². The zero-order valence-electron chi connectivity index (χ0n) is 11.6. The summed E-state index contributed by atoms with van der Waals surface area (Å²) in [5, 5.41) is 4.32. The third-order valence-corrected chi connectivity index (χ3v) is 3.85. The molecule has 5 heteroatoms. The number of aromatic nitrogens is 2. The first-order valence-electron chi connectivity index (χ1n) is 7.01. The van der Waals surface area contributed by atoms with Gasteiger partial charge in [-0.2, -0.15) is 5.10 Å². The van der Waals surface area contributed by atoms with E-state index in [1.807, 2.05) is 23.1 Å². The van der Waals surface area contributed by atoms with Crippen LogP contribution in [-0.4, -0.2) is 16.4 Å². The molecule has 0 bridgehead atoms. The first kappa shape index (κ1) is 13.3. The van der Waals surface area contributed by atoms with Crippen LogP contribution in [0.4, 0.5) is 0 Å². The minimum Gasteiger partial charge on any atom is -0.371 e. The zero-order chi connectivity index (χ0) is 13.9. The summed E-state index contributed by atoms with van der Waals surface area (Å²) in [6, 6.07) is 8.31. The lowest BCUT2D eigenvalue weighted by Gasteiger charge is -2.31. The van der Waals surface area contributed by atoms with E-state index in [-0.39, 0.29) is 12.1 Å². The molecule has 2 unspecified atom stereocenters. The maximum atomic E-state index is 5.98. The molecule has 0 spiro atoms. The van der Waals surface area contributed by atoms with Crippen LogP contribution in [0, 0.1) is 0 Å². The van der Waals surface area contributed by atoms with Crippen LogP contribution in [0.15, 0.2) is 36.7 Å². The lowest BCUT2D eigenvalue weighted by Crippen LogP contribution is -2.35. The summed E-state index contributed by atoms with van der Waals surface area (Å²) >= 11 is 0. The third-order valence-electron chi connectivity index (χ3n) is 3.85. The van der Waals surface area contributed by atoms with Gasteiger partial charge in [-0.1, -0.05) is 24.3 Å². The second-order valence-electron chi connectivity index (χ2n) is 5.01. The van der Waals surface area contributed by atoms with Crippen LogP contribution in [0.25, 0.3) is 0 Å². The van der Waals surface area contributed by atoms with Gasteiger partial charge in [0.2, 0.25) is 0 Å². The molecular weight excluding hydrogens is 252 g/mol. The largest absolute Gasteiger partial charge is 0.371 e. The molecular formula is C15H20N4O. The lowest BCUT2D eigenvalue weighted by molar-refractivity contribution is 0.0147. The fraction of sp³-hybridized carbons (Fsp3) is 0.400. The van der Waals surface area contributed by atoms with Crippen molar-refractivity contribution >= 4 is 0 Å². The van der Waals surface area contributed by atoms with E-state index in [0.29, 0.717) is 0 Å². The Hall–Kier alpha value is -1.69. The Morgan fingerprint density at radius 3 is 3.10 bits per heavy atom.